The van der Waals surface area contributed by atoms with Crippen LogP contribution in [-0.4, -0.2) is 96.7 Å². The summed E-state index contributed by atoms with van der Waals surface area (Å²) < 4.78 is 68.5. The number of aliphatic hydroxyl groups is 1. The zero-order valence-electron chi connectivity index (χ0n) is 62.5. The maximum absolute atomic E-state index is 13.1. The van der Waals surface area contributed by atoms with Gasteiger partial charge >= 0.3 is 39.5 Å². The third-order valence-electron chi connectivity index (χ3n) is 18.0. The Bertz CT molecular complexity index is 1840. The lowest BCUT2D eigenvalue weighted by atomic mass is 10.0. The molecule has 0 saturated heterocycles. The van der Waals surface area contributed by atoms with Gasteiger partial charge in [-0.05, 0) is 31.6 Å². The topological polar surface area (TPSA) is 237 Å². The number of carbonyl (C=O) groups is 4. The van der Waals surface area contributed by atoms with Crippen LogP contribution in [-0.2, 0) is 65.4 Å². The van der Waals surface area contributed by atoms with Gasteiger partial charge in [-0.2, -0.15) is 0 Å². The van der Waals surface area contributed by atoms with E-state index in [-0.39, 0.29) is 25.7 Å². The van der Waals surface area contributed by atoms with E-state index in [1.54, 1.807) is 0 Å². The van der Waals surface area contributed by atoms with E-state index in [0.717, 1.165) is 95.8 Å². The van der Waals surface area contributed by atoms with Gasteiger partial charge in [-0.3, -0.25) is 37.3 Å². The fourth-order valence-corrected chi connectivity index (χ4v) is 13.5. The molecule has 0 aromatic heterocycles. The Hall–Kier alpha value is -1.94. The summed E-state index contributed by atoms with van der Waals surface area (Å²) in [6.45, 7) is 7.28. The zero-order chi connectivity index (χ0) is 70.5. The second-order valence-corrected chi connectivity index (χ2v) is 31.1. The van der Waals surface area contributed by atoms with Crippen LogP contribution in [0.1, 0.15) is 407 Å². The first-order chi connectivity index (χ1) is 46.5. The van der Waals surface area contributed by atoms with Gasteiger partial charge in [-0.25, -0.2) is 9.13 Å². The lowest BCUT2D eigenvalue weighted by Gasteiger charge is -2.21. The molecule has 0 aliphatic heterocycles. The normalized spacial score (nSPS) is 13.9. The predicted molar refractivity (Wildman–Crippen MR) is 391 cm³/mol. The monoisotopic (exact) mass is 1410 g/mol. The average Bonchev–Trinajstić information content (AvgIpc) is 1.64. The van der Waals surface area contributed by atoms with Crippen LogP contribution in [0.4, 0.5) is 0 Å². The molecule has 0 aliphatic rings. The Labute approximate surface area is 588 Å². The Balaban J connectivity index is 5.22. The molecule has 0 aromatic rings. The molecule has 0 saturated carbocycles. The second kappa shape index (κ2) is 70.1. The van der Waals surface area contributed by atoms with Crippen molar-refractivity contribution >= 4 is 39.5 Å². The van der Waals surface area contributed by atoms with Crippen molar-refractivity contribution in [3.8, 4) is 0 Å². The lowest BCUT2D eigenvalue weighted by Crippen LogP contribution is -2.30. The van der Waals surface area contributed by atoms with Gasteiger partial charge in [0.05, 0.1) is 26.4 Å². The minimum atomic E-state index is -4.96. The van der Waals surface area contributed by atoms with E-state index in [1.165, 1.54) is 231 Å². The molecule has 0 spiro atoms. The van der Waals surface area contributed by atoms with Crippen LogP contribution in [0.15, 0.2) is 0 Å². The molecule has 0 amide bonds. The molecule has 0 fully saturated rings. The molecule has 0 rings (SSSR count). The maximum Gasteiger partial charge on any atom is 0.472 e. The minimum Gasteiger partial charge on any atom is -0.462 e. The van der Waals surface area contributed by atoms with E-state index >= 15 is 0 Å². The molecule has 0 heterocycles. The largest absolute Gasteiger partial charge is 0.472 e. The van der Waals surface area contributed by atoms with E-state index in [0.29, 0.717) is 25.7 Å². The van der Waals surface area contributed by atoms with Gasteiger partial charge < -0.3 is 33.8 Å². The first kappa shape index (κ1) is 94.1. The highest BCUT2D eigenvalue weighted by molar-refractivity contribution is 7.47. The van der Waals surface area contributed by atoms with Gasteiger partial charge in [0.2, 0.25) is 0 Å². The third-order valence-corrected chi connectivity index (χ3v) is 19.9. The highest BCUT2D eigenvalue weighted by Gasteiger charge is 2.30. The van der Waals surface area contributed by atoms with Crippen molar-refractivity contribution in [1.82, 2.24) is 0 Å². The zero-order valence-corrected chi connectivity index (χ0v) is 64.3. The Morgan fingerprint density at radius 2 is 0.479 bits per heavy atom. The Kier molecular flexibility index (Phi) is 68.7. The molecule has 0 radical (unpaired) electrons. The summed E-state index contributed by atoms with van der Waals surface area (Å²) in [5.41, 5.74) is 0. The molecule has 0 aromatic carbocycles. The van der Waals surface area contributed by atoms with Crippen LogP contribution in [0.25, 0.3) is 0 Å². The first-order valence-corrected chi connectivity index (χ1v) is 43.1. The summed E-state index contributed by atoms with van der Waals surface area (Å²) in [6.07, 6.45) is 59.6. The second-order valence-electron chi connectivity index (χ2n) is 28.2. The summed E-state index contributed by atoms with van der Waals surface area (Å²) in [4.78, 5) is 72.8. The smallest absolute Gasteiger partial charge is 0.462 e. The maximum atomic E-state index is 13.1. The van der Waals surface area contributed by atoms with E-state index in [9.17, 15) is 43.2 Å². The van der Waals surface area contributed by atoms with Crippen molar-refractivity contribution in [2.75, 3.05) is 39.6 Å². The van der Waals surface area contributed by atoms with Gasteiger partial charge in [-0.1, -0.05) is 356 Å². The van der Waals surface area contributed by atoms with Crippen molar-refractivity contribution in [3.63, 3.8) is 0 Å². The molecule has 96 heavy (non-hydrogen) atoms. The molecule has 3 N–H and O–H groups in total. The summed E-state index contributed by atoms with van der Waals surface area (Å²) in [6, 6.07) is 0. The molecular weight excluding hydrogens is 1260 g/mol. The van der Waals surface area contributed by atoms with E-state index in [1.807, 2.05) is 0 Å². The quantitative estimate of drug-likeness (QED) is 0.0222. The number of phosphoric ester groups is 2. The summed E-state index contributed by atoms with van der Waals surface area (Å²) >= 11 is 0. The van der Waals surface area contributed by atoms with Crippen molar-refractivity contribution < 1.29 is 80.2 Å². The number of rotatable bonds is 77. The Morgan fingerprint density at radius 1 is 0.281 bits per heavy atom. The summed E-state index contributed by atoms with van der Waals surface area (Å²) in [5.74, 6) is -1.36. The van der Waals surface area contributed by atoms with Crippen molar-refractivity contribution in [2.45, 2.75) is 425 Å². The number of carbonyl (C=O) groups excluding carboxylic acids is 4. The number of esters is 4. The molecule has 19 heteroatoms. The molecule has 0 bridgehead atoms. The van der Waals surface area contributed by atoms with Crippen molar-refractivity contribution in [1.29, 1.82) is 0 Å². The molecule has 5 atom stereocenters. The van der Waals surface area contributed by atoms with E-state index in [4.69, 9.17) is 37.0 Å². The molecule has 570 valence electrons. The number of aliphatic hydroxyl groups excluding tert-OH is 1. The number of hydrogen-bond donors (Lipinski definition) is 3. The summed E-state index contributed by atoms with van der Waals surface area (Å²) in [7, 11) is -9.91. The number of unbranched alkanes of at least 4 members (excludes halogenated alkanes) is 49. The molecule has 17 nitrogen and oxygen atoms in total. The number of phosphoric acid groups is 2. The van der Waals surface area contributed by atoms with Crippen LogP contribution in [0, 0.1) is 5.92 Å². The molecular formula is C77H150O17P2. The van der Waals surface area contributed by atoms with Crippen LogP contribution in [0.2, 0.25) is 0 Å². The average molecular weight is 1410 g/mol. The van der Waals surface area contributed by atoms with Gasteiger partial charge in [-0.15, -0.1) is 0 Å². The van der Waals surface area contributed by atoms with E-state index < -0.39 is 97.5 Å². The SMILES string of the molecule is CCCCCCCCCCCCCCCCCCCCC(=O)O[C@H](COC(=O)CCCCCCCCCCCCCCCCCC)COP(=O)(O)OC[C@@H](O)COP(=O)(O)OC[C@@H](COC(=O)CCCCCCCCCCC)OC(=O)CCCCCCCCCCCCC(C)C. The number of hydrogen-bond acceptors (Lipinski definition) is 15. The third kappa shape index (κ3) is 70.5. The lowest BCUT2D eigenvalue weighted by molar-refractivity contribution is -0.161. The van der Waals surface area contributed by atoms with Crippen molar-refractivity contribution in [3.05, 3.63) is 0 Å². The predicted octanol–water partition coefficient (Wildman–Crippen LogP) is 22.9. The summed E-state index contributed by atoms with van der Waals surface area (Å²) in [5, 5.41) is 10.6. The highest BCUT2D eigenvalue weighted by atomic mass is 31.2. The standard InChI is InChI=1S/C77H150O17P2/c1-6-9-12-15-18-21-23-25-27-29-30-32-34-36-42-47-52-57-62-76(81)93-73(67-88-75(80)61-56-51-46-41-35-33-31-28-26-24-22-19-16-13-10-7-2)69-92-96(85,86)90-65-71(78)64-89-95(83,84)91-68-72(66-87-74(79)60-55-50-45-39-20-17-14-11-8-3)94-77(82)63-58-53-48-43-38-37-40-44-49-54-59-70(4)5/h70-73,78H,6-69H2,1-5H3,(H,83,84)(H,85,86)/t71-,72+,73+/m0/s1. The molecule has 2 unspecified atom stereocenters. The number of ether oxygens (including phenoxy) is 4. The highest BCUT2D eigenvalue weighted by Crippen LogP contribution is 2.45. The van der Waals surface area contributed by atoms with Gasteiger partial charge in [0.15, 0.2) is 12.2 Å². The first-order valence-electron chi connectivity index (χ1n) is 40.1. The minimum absolute atomic E-state index is 0.106. The molecule has 0 aliphatic carbocycles. The fraction of sp³-hybridized carbons (Fsp3) is 0.948. The van der Waals surface area contributed by atoms with Gasteiger partial charge in [0.1, 0.15) is 19.3 Å². The van der Waals surface area contributed by atoms with E-state index in [2.05, 4.69) is 34.6 Å². The van der Waals surface area contributed by atoms with Crippen molar-refractivity contribution in [2.24, 2.45) is 5.92 Å². The Morgan fingerprint density at radius 3 is 0.708 bits per heavy atom. The van der Waals surface area contributed by atoms with Crippen LogP contribution >= 0.6 is 15.6 Å². The van der Waals surface area contributed by atoms with Crippen LogP contribution in [0.3, 0.4) is 0 Å². The van der Waals surface area contributed by atoms with Crippen LogP contribution < -0.4 is 0 Å². The van der Waals surface area contributed by atoms with Gasteiger partial charge in [0, 0.05) is 25.7 Å². The van der Waals surface area contributed by atoms with Gasteiger partial charge in [0.25, 0.3) is 0 Å². The van der Waals surface area contributed by atoms with Crippen LogP contribution in [0.5, 0.6) is 0 Å². The fourth-order valence-electron chi connectivity index (χ4n) is 11.9.